The molecule has 9 heteroatoms. The summed E-state index contributed by atoms with van der Waals surface area (Å²) >= 11 is 9.36. The van der Waals surface area contributed by atoms with Crippen LogP contribution in [0.4, 0.5) is 0 Å². The van der Waals surface area contributed by atoms with E-state index in [1.54, 1.807) is 37.4 Å². The van der Waals surface area contributed by atoms with Crippen LogP contribution >= 0.6 is 27.5 Å². The molecule has 0 spiro atoms. The minimum atomic E-state index is -0.739. The lowest BCUT2D eigenvalue weighted by molar-refractivity contribution is -0.123. The predicted octanol–water partition coefficient (Wildman–Crippen LogP) is 5.19. The van der Waals surface area contributed by atoms with Crippen LogP contribution in [0, 0.1) is 5.92 Å². The molecule has 2 N–H and O–H groups in total. The van der Waals surface area contributed by atoms with Crippen molar-refractivity contribution < 1.29 is 19.1 Å². The van der Waals surface area contributed by atoms with E-state index in [0.29, 0.717) is 40.7 Å². The maximum Gasteiger partial charge on any atom is 0.262 e. The van der Waals surface area contributed by atoms with Gasteiger partial charge in [0.25, 0.3) is 11.8 Å². The van der Waals surface area contributed by atoms with Gasteiger partial charge in [-0.25, -0.2) is 5.43 Å². The predicted molar refractivity (Wildman–Crippen MR) is 134 cm³/mol. The Bertz CT molecular complexity index is 980. The van der Waals surface area contributed by atoms with Gasteiger partial charge in [0, 0.05) is 10.6 Å². The van der Waals surface area contributed by atoms with E-state index >= 15 is 0 Å². The standard InChI is InChI=1S/C24H29BrClN3O4/c1-5-10-33-22-19(25)12-16(13-21(22)32-4)14-27-29-24(31)20(11-15(2)3)28-23(30)17-6-8-18(26)9-7-17/h6-9,12-15,20H,5,10-11H2,1-4H3,(H,28,30)(H,29,31)/b27-14+. The van der Waals surface area contributed by atoms with Crippen molar-refractivity contribution in [1.29, 1.82) is 0 Å². The molecular weight excluding hydrogens is 510 g/mol. The van der Waals surface area contributed by atoms with Crippen LogP contribution < -0.4 is 20.2 Å². The number of nitrogens with one attached hydrogen (secondary N) is 2. The van der Waals surface area contributed by atoms with Crippen molar-refractivity contribution in [3.05, 3.63) is 57.0 Å². The molecule has 0 aliphatic rings. The first-order valence-corrected chi connectivity index (χ1v) is 11.8. The maximum atomic E-state index is 12.7. The molecule has 178 valence electrons. The molecule has 1 unspecified atom stereocenters. The lowest BCUT2D eigenvalue weighted by Crippen LogP contribution is -2.46. The SMILES string of the molecule is CCCOc1c(Br)cc(/C=N/NC(=O)C(CC(C)C)NC(=O)c2ccc(Cl)cc2)cc1OC. The second-order valence-corrected chi connectivity index (χ2v) is 9.07. The van der Waals surface area contributed by atoms with E-state index < -0.39 is 11.9 Å². The van der Waals surface area contributed by atoms with Crippen molar-refractivity contribution in [1.82, 2.24) is 10.7 Å². The average molecular weight is 539 g/mol. The number of rotatable bonds is 11. The zero-order valence-electron chi connectivity index (χ0n) is 19.2. The van der Waals surface area contributed by atoms with Crippen LogP contribution in [-0.2, 0) is 4.79 Å². The second kappa shape index (κ2) is 13.2. The van der Waals surface area contributed by atoms with Crippen LogP contribution in [0.3, 0.4) is 0 Å². The Kier molecular flexibility index (Phi) is 10.7. The quantitative estimate of drug-likeness (QED) is 0.304. The summed E-state index contributed by atoms with van der Waals surface area (Å²) in [5, 5.41) is 7.37. The van der Waals surface area contributed by atoms with Crippen molar-refractivity contribution in [2.45, 2.75) is 39.7 Å². The molecule has 0 radical (unpaired) electrons. The zero-order valence-corrected chi connectivity index (χ0v) is 21.5. The summed E-state index contributed by atoms with van der Waals surface area (Å²) in [4.78, 5) is 25.3. The lowest BCUT2D eigenvalue weighted by atomic mass is 10.0. The number of carbonyl (C=O) groups excluding carboxylic acids is 2. The van der Waals surface area contributed by atoms with Gasteiger partial charge in [-0.05, 0) is 76.7 Å². The van der Waals surface area contributed by atoms with Gasteiger partial charge < -0.3 is 14.8 Å². The number of halogens is 2. The summed E-state index contributed by atoms with van der Waals surface area (Å²) < 4.78 is 11.8. The van der Waals surface area contributed by atoms with Crippen molar-refractivity contribution in [3.63, 3.8) is 0 Å². The summed E-state index contributed by atoms with van der Waals surface area (Å²) in [5.41, 5.74) is 3.64. The highest BCUT2D eigenvalue weighted by Gasteiger charge is 2.22. The monoisotopic (exact) mass is 537 g/mol. The van der Waals surface area contributed by atoms with E-state index in [0.717, 1.165) is 10.9 Å². The molecule has 0 saturated carbocycles. The Morgan fingerprint density at radius 2 is 1.91 bits per heavy atom. The number of hydrogen-bond acceptors (Lipinski definition) is 5. The summed E-state index contributed by atoms with van der Waals surface area (Å²) in [5.74, 6) is 0.594. The minimum Gasteiger partial charge on any atom is -0.493 e. The lowest BCUT2D eigenvalue weighted by Gasteiger charge is -2.19. The zero-order chi connectivity index (χ0) is 24.4. The molecule has 2 rings (SSSR count). The van der Waals surface area contributed by atoms with Gasteiger partial charge in [0.15, 0.2) is 11.5 Å². The molecule has 2 aromatic rings. The van der Waals surface area contributed by atoms with E-state index in [2.05, 4.69) is 31.8 Å². The van der Waals surface area contributed by atoms with E-state index in [-0.39, 0.29) is 11.8 Å². The Hall–Kier alpha value is -2.58. The highest BCUT2D eigenvalue weighted by atomic mass is 79.9. The molecule has 0 aliphatic carbocycles. The molecule has 7 nitrogen and oxygen atoms in total. The van der Waals surface area contributed by atoms with Gasteiger partial charge in [0.05, 0.1) is 24.4 Å². The summed E-state index contributed by atoms with van der Waals surface area (Å²) in [7, 11) is 1.56. The molecule has 0 fully saturated rings. The van der Waals surface area contributed by atoms with Crippen LogP contribution in [0.15, 0.2) is 46.0 Å². The third-order valence-corrected chi connectivity index (χ3v) is 5.37. The minimum absolute atomic E-state index is 0.186. The van der Waals surface area contributed by atoms with E-state index in [1.807, 2.05) is 26.8 Å². The van der Waals surface area contributed by atoms with Gasteiger partial charge in [0.1, 0.15) is 6.04 Å². The number of hydrogen-bond donors (Lipinski definition) is 2. The van der Waals surface area contributed by atoms with E-state index in [9.17, 15) is 9.59 Å². The van der Waals surface area contributed by atoms with Crippen molar-refractivity contribution in [2.24, 2.45) is 11.0 Å². The molecule has 0 saturated heterocycles. The second-order valence-electron chi connectivity index (χ2n) is 7.78. The number of amides is 2. The fraction of sp³-hybridized carbons (Fsp3) is 0.375. The smallest absolute Gasteiger partial charge is 0.262 e. The van der Waals surface area contributed by atoms with Crippen LogP contribution in [0.25, 0.3) is 0 Å². The first kappa shape index (κ1) is 26.7. The molecule has 0 bridgehead atoms. The van der Waals surface area contributed by atoms with Crippen LogP contribution in [0.5, 0.6) is 11.5 Å². The molecule has 0 aliphatic heterocycles. The maximum absolute atomic E-state index is 12.7. The molecule has 33 heavy (non-hydrogen) atoms. The molecule has 2 aromatic carbocycles. The summed E-state index contributed by atoms with van der Waals surface area (Å²) in [6.07, 6.45) is 2.84. The van der Waals surface area contributed by atoms with Crippen LogP contribution in [0.2, 0.25) is 5.02 Å². The molecule has 2 amide bonds. The molecular formula is C24H29BrClN3O4. The fourth-order valence-corrected chi connectivity index (χ4v) is 3.65. The first-order valence-electron chi connectivity index (χ1n) is 10.6. The first-order chi connectivity index (χ1) is 15.7. The third kappa shape index (κ3) is 8.37. The highest BCUT2D eigenvalue weighted by molar-refractivity contribution is 9.10. The molecule has 0 heterocycles. The summed E-state index contributed by atoms with van der Waals surface area (Å²) in [6.45, 7) is 6.54. The van der Waals surface area contributed by atoms with Gasteiger partial charge in [-0.2, -0.15) is 5.10 Å². The van der Waals surface area contributed by atoms with Gasteiger partial charge in [-0.1, -0.05) is 32.4 Å². The average Bonchev–Trinajstić information content (AvgIpc) is 2.77. The van der Waals surface area contributed by atoms with E-state index in [4.69, 9.17) is 21.1 Å². The number of hydrazone groups is 1. The fourth-order valence-electron chi connectivity index (χ4n) is 2.95. The van der Waals surface area contributed by atoms with E-state index in [1.165, 1.54) is 6.21 Å². The highest BCUT2D eigenvalue weighted by Crippen LogP contribution is 2.36. The largest absolute Gasteiger partial charge is 0.493 e. The third-order valence-electron chi connectivity index (χ3n) is 4.53. The Morgan fingerprint density at radius 3 is 2.52 bits per heavy atom. The van der Waals surface area contributed by atoms with Gasteiger partial charge >= 0.3 is 0 Å². The number of benzene rings is 2. The Labute approximate surface area is 208 Å². The number of nitrogens with zero attached hydrogens (tertiary/aromatic N) is 1. The van der Waals surface area contributed by atoms with Gasteiger partial charge in [-0.15, -0.1) is 0 Å². The van der Waals surface area contributed by atoms with Gasteiger partial charge in [-0.3, -0.25) is 9.59 Å². The summed E-state index contributed by atoms with van der Waals surface area (Å²) in [6, 6.07) is 9.32. The Morgan fingerprint density at radius 1 is 1.21 bits per heavy atom. The molecule has 0 aromatic heterocycles. The van der Waals surface area contributed by atoms with Gasteiger partial charge in [0.2, 0.25) is 0 Å². The van der Waals surface area contributed by atoms with Crippen molar-refractivity contribution in [2.75, 3.05) is 13.7 Å². The normalized spacial score (nSPS) is 12.0. The molecule has 1 atom stereocenters. The van der Waals surface area contributed by atoms with Crippen LogP contribution in [-0.4, -0.2) is 37.8 Å². The number of methoxy groups -OCH3 is 1. The number of carbonyl (C=O) groups is 2. The van der Waals surface area contributed by atoms with Crippen molar-refractivity contribution >= 4 is 45.6 Å². The Balaban J connectivity index is 2.09. The van der Waals surface area contributed by atoms with Crippen LogP contribution in [0.1, 0.15) is 49.5 Å². The topological polar surface area (TPSA) is 89.0 Å². The number of ether oxygens (including phenoxy) is 2. The van der Waals surface area contributed by atoms with Crippen molar-refractivity contribution in [3.8, 4) is 11.5 Å².